The van der Waals surface area contributed by atoms with Gasteiger partial charge in [0.25, 0.3) is 0 Å². The highest BCUT2D eigenvalue weighted by Gasteiger charge is 2.14. The fraction of sp³-hybridized carbons (Fsp3) is 0.333. The summed E-state index contributed by atoms with van der Waals surface area (Å²) in [4.78, 5) is 8.47. The van der Waals surface area contributed by atoms with Crippen LogP contribution in [0.3, 0.4) is 0 Å². The first kappa shape index (κ1) is 9.90. The smallest absolute Gasteiger partial charge is 0.129 e. The Morgan fingerprint density at radius 3 is 2.93 bits per heavy atom. The minimum atomic E-state index is 0.539. The van der Waals surface area contributed by atoms with E-state index >= 15 is 0 Å². The highest BCUT2D eigenvalue weighted by molar-refractivity contribution is 5.37. The number of nitrogens with zero attached hydrogens (tertiary/aromatic N) is 2. The van der Waals surface area contributed by atoms with Gasteiger partial charge in [0.2, 0.25) is 0 Å². The van der Waals surface area contributed by atoms with Gasteiger partial charge in [-0.1, -0.05) is 18.2 Å². The van der Waals surface area contributed by atoms with E-state index in [1.807, 2.05) is 12.1 Å². The molecule has 0 unspecified atom stereocenters. The predicted octanol–water partition coefficient (Wildman–Crippen LogP) is 2.51. The van der Waals surface area contributed by atoms with Gasteiger partial charge in [0.15, 0.2) is 0 Å². The summed E-state index contributed by atoms with van der Waals surface area (Å²) in [6.45, 7) is 4.40. The zero-order valence-corrected chi connectivity index (χ0v) is 8.69. The third kappa shape index (κ3) is 2.43. The van der Waals surface area contributed by atoms with Gasteiger partial charge < -0.3 is 5.32 Å². The maximum absolute atomic E-state index is 4.31. The van der Waals surface area contributed by atoms with Crippen molar-refractivity contribution < 1.29 is 0 Å². The molecular weight excluding hydrogens is 186 g/mol. The van der Waals surface area contributed by atoms with E-state index in [1.54, 1.807) is 6.33 Å². The Bertz CT molecular complexity index is 363. The van der Waals surface area contributed by atoms with Crippen molar-refractivity contribution in [1.29, 1.82) is 0 Å². The van der Waals surface area contributed by atoms with E-state index in [4.69, 9.17) is 0 Å². The van der Waals surface area contributed by atoms with Crippen LogP contribution in [0.15, 0.2) is 37.2 Å². The molecule has 0 saturated carbocycles. The molecule has 1 aromatic heterocycles. The summed E-state index contributed by atoms with van der Waals surface area (Å²) in [7, 11) is 0. The standard InChI is InChI=1S/C12H15N3/c1-2-7-13-12-8-11(14-9-15-12)10-5-3-4-6-10/h2-4,8-10H,1,5-7H2,(H,13,14,15). The topological polar surface area (TPSA) is 37.8 Å². The first-order valence-corrected chi connectivity index (χ1v) is 5.22. The highest BCUT2D eigenvalue weighted by atomic mass is 15.0. The van der Waals surface area contributed by atoms with Gasteiger partial charge in [-0.2, -0.15) is 0 Å². The van der Waals surface area contributed by atoms with Crippen molar-refractivity contribution in [2.75, 3.05) is 11.9 Å². The molecule has 0 fully saturated rings. The number of allylic oxidation sites excluding steroid dienone is 2. The van der Waals surface area contributed by atoms with Crippen molar-refractivity contribution in [2.45, 2.75) is 18.8 Å². The number of hydrogen-bond donors (Lipinski definition) is 1. The van der Waals surface area contributed by atoms with E-state index in [1.165, 1.54) is 0 Å². The molecule has 0 aliphatic heterocycles. The van der Waals surface area contributed by atoms with Crippen molar-refractivity contribution in [3.8, 4) is 0 Å². The molecule has 2 rings (SSSR count). The van der Waals surface area contributed by atoms with Gasteiger partial charge in [0.05, 0.1) is 0 Å². The van der Waals surface area contributed by atoms with Crippen LogP contribution in [-0.4, -0.2) is 16.5 Å². The molecular formula is C12H15N3. The second-order valence-corrected chi connectivity index (χ2v) is 3.64. The van der Waals surface area contributed by atoms with Crippen LogP contribution in [0.2, 0.25) is 0 Å². The molecule has 1 aliphatic rings. The Labute approximate surface area is 90.0 Å². The molecule has 15 heavy (non-hydrogen) atoms. The van der Waals surface area contributed by atoms with Crippen LogP contribution in [-0.2, 0) is 0 Å². The summed E-state index contributed by atoms with van der Waals surface area (Å²) in [6, 6.07) is 2.03. The lowest BCUT2D eigenvalue weighted by atomic mass is 10.0. The molecule has 3 nitrogen and oxygen atoms in total. The average Bonchev–Trinajstić information content (AvgIpc) is 2.80. The summed E-state index contributed by atoms with van der Waals surface area (Å²) in [5.74, 6) is 1.42. The summed E-state index contributed by atoms with van der Waals surface area (Å²) < 4.78 is 0. The highest BCUT2D eigenvalue weighted by Crippen LogP contribution is 2.28. The van der Waals surface area contributed by atoms with Gasteiger partial charge >= 0.3 is 0 Å². The van der Waals surface area contributed by atoms with Crippen LogP contribution in [0.5, 0.6) is 0 Å². The SMILES string of the molecule is C=CCNc1cc(C2CC=CC2)ncn1. The molecule has 0 amide bonds. The largest absolute Gasteiger partial charge is 0.367 e. The normalized spacial score (nSPS) is 15.5. The summed E-state index contributed by atoms with van der Waals surface area (Å²) in [5.41, 5.74) is 1.13. The quantitative estimate of drug-likeness (QED) is 0.760. The summed E-state index contributed by atoms with van der Waals surface area (Å²) in [5, 5.41) is 3.17. The van der Waals surface area contributed by atoms with Crippen molar-refractivity contribution in [1.82, 2.24) is 9.97 Å². The Hall–Kier alpha value is -1.64. The summed E-state index contributed by atoms with van der Waals surface area (Å²) >= 11 is 0. The van der Waals surface area contributed by atoms with E-state index in [9.17, 15) is 0 Å². The van der Waals surface area contributed by atoms with E-state index < -0.39 is 0 Å². The van der Waals surface area contributed by atoms with Gasteiger partial charge in [0.1, 0.15) is 12.1 Å². The number of hydrogen-bond acceptors (Lipinski definition) is 3. The number of aromatic nitrogens is 2. The molecule has 0 saturated heterocycles. The van der Waals surface area contributed by atoms with Crippen LogP contribution < -0.4 is 5.32 Å². The lowest BCUT2D eigenvalue weighted by Crippen LogP contribution is -2.04. The molecule has 0 bridgehead atoms. The number of nitrogens with one attached hydrogen (secondary N) is 1. The second-order valence-electron chi connectivity index (χ2n) is 3.64. The lowest BCUT2D eigenvalue weighted by Gasteiger charge is -2.09. The molecule has 1 heterocycles. The maximum atomic E-state index is 4.31. The van der Waals surface area contributed by atoms with Crippen LogP contribution in [0.1, 0.15) is 24.5 Å². The summed E-state index contributed by atoms with van der Waals surface area (Å²) in [6.07, 6.45) is 10.1. The fourth-order valence-electron chi connectivity index (χ4n) is 1.73. The van der Waals surface area contributed by atoms with Gasteiger partial charge in [-0.15, -0.1) is 6.58 Å². The average molecular weight is 201 g/mol. The Balaban J connectivity index is 2.07. The molecule has 0 radical (unpaired) electrons. The third-order valence-corrected chi connectivity index (χ3v) is 2.54. The first-order chi connectivity index (χ1) is 7.40. The van der Waals surface area contributed by atoms with E-state index in [-0.39, 0.29) is 0 Å². The van der Waals surface area contributed by atoms with Crippen LogP contribution in [0, 0.1) is 0 Å². The van der Waals surface area contributed by atoms with Gasteiger partial charge in [0, 0.05) is 24.2 Å². The van der Waals surface area contributed by atoms with Crippen molar-refractivity contribution in [3.63, 3.8) is 0 Å². The van der Waals surface area contributed by atoms with Crippen molar-refractivity contribution >= 4 is 5.82 Å². The zero-order chi connectivity index (χ0) is 10.5. The van der Waals surface area contributed by atoms with E-state index in [0.717, 1.165) is 30.9 Å². The Kier molecular flexibility index (Phi) is 3.12. The van der Waals surface area contributed by atoms with E-state index in [0.29, 0.717) is 5.92 Å². The third-order valence-electron chi connectivity index (χ3n) is 2.54. The minimum Gasteiger partial charge on any atom is -0.367 e. The first-order valence-electron chi connectivity index (χ1n) is 5.22. The van der Waals surface area contributed by atoms with Crippen LogP contribution in [0.25, 0.3) is 0 Å². The molecule has 1 aromatic rings. The van der Waals surface area contributed by atoms with E-state index in [2.05, 4.69) is 34.0 Å². The number of rotatable bonds is 4. The molecule has 78 valence electrons. The van der Waals surface area contributed by atoms with Gasteiger partial charge in [-0.3, -0.25) is 0 Å². The molecule has 0 atom stereocenters. The predicted molar refractivity (Wildman–Crippen MR) is 61.8 cm³/mol. The molecule has 0 aromatic carbocycles. The molecule has 0 spiro atoms. The second kappa shape index (κ2) is 4.73. The minimum absolute atomic E-state index is 0.539. The van der Waals surface area contributed by atoms with Gasteiger partial charge in [-0.25, -0.2) is 9.97 Å². The lowest BCUT2D eigenvalue weighted by molar-refractivity contribution is 0.721. The maximum Gasteiger partial charge on any atom is 0.129 e. The molecule has 1 aliphatic carbocycles. The zero-order valence-electron chi connectivity index (χ0n) is 8.69. The molecule has 3 heteroatoms. The van der Waals surface area contributed by atoms with Crippen LogP contribution >= 0.6 is 0 Å². The Morgan fingerprint density at radius 1 is 1.40 bits per heavy atom. The van der Waals surface area contributed by atoms with Crippen molar-refractivity contribution in [3.05, 3.63) is 42.9 Å². The molecule has 1 N–H and O–H groups in total. The fourth-order valence-corrected chi connectivity index (χ4v) is 1.73. The Morgan fingerprint density at radius 2 is 2.20 bits per heavy atom. The monoisotopic (exact) mass is 201 g/mol. The van der Waals surface area contributed by atoms with Crippen LogP contribution in [0.4, 0.5) is 5.82 Å². The number of anilines is 1. The van der Waals surface area contributed by atoms with Crippen molar-refractivity contribution in [2.24, 2.45) is 0 Å². The van der Waals surface area contributed by atoms with Gasteiger partial charge in [-0.05, 0) is 12.8 Å².